The Morgan fingerprint density at radius 2 is 2.05 bits per heavy atom. The van der Waals surface area contributed by atoms with Crippen molar-refractivity contribution in [2.45, 2.75) is 38.6 Å². The van der Waals surface area contributed by atoms with Crippen molar-refractivity contribution < 1.29 is 9.47 Å². The zero-order chi connectivity index (χ0) is 13.7. The number of hydrogen-bond acceptors (Lipinski definition) is 3. The van der Waals surface area contributed by atoms with Crippen molar-refractivity contribution in [1.82, 2.24) is 5.32 Å². The molecule has 19 heavy (non-hydrogen) atoms. The molecule has 1 aliphatic carbocycles. The third-order valence-corrected chi connectivity index (χ3v) is 3.72. The monoisotopic (exact) mass is 263 g/mol. The SMILES string of the molecule is CCCNC(CC1CC1)c1ccc(OC)cc1OC. The summed E-state index contributed by atoms with van der Waals surface area (Å²) in [6.07, 6.45) is 5.12. The number of methoxy groups -OCH3 is 2. The van der Waals surface area contributed by atoms with Crippen LogP contribution in [0, 0.1) is 5.92 Å². The molecule has 0 aliphatic heterocycles. The van der Waals surface area contributed by atoms with Gasteiger partial charge in [0.25, 0.3) is 0 Å². The molecular weight excluding hydrogens is 238 g/mol. The maximum Gasteiger partial charge on any atom is 0.127 e. The Hall–Kier alpha value is -1.22. The molecule has 1 aromatic rings. The van der Waals surface area contributed by atoms with Crippen LogP contribution in [0.2, 0.25) is 0 Å². The van der Waals surface area contributed by atoms with Gasteiger partial charge < -0.3 is 14.8 Å². The van der Waals surface area contributed by atoms with Crippen molar-refractivity contribution in [3.05, 3.63) is 23.8 Å². The molecular formula is C16H25NO2. The lowest BCUT2D eigenvalue weighted by Gasteiger charge is -2.21. The summed E-state index contributed by atoms with van der Waals surface area (Å²) in [7, 11) is 3.41. The molecule has 0 radical (unpaired) electrons. The number of hydrogen-bond donors (Lipinski definition) is 1. The zero-order valence-electron chi connectivity index (χ0n) is 12.2. The van der Waals surface area contributed by atoms with Crippen LogP contribution in [0.3, 0.4) is 0 Å². The van der Waals surface area contributed by atoms with Crippen LogP contribution in [0.1, 0.15) is 44.2 Å². The molecule has 2 rings (SSSR count). The Kier molecular flexibility index (Phi) is 5.08. The van der Waals surface area contributed by atoms with E-state index in [9.17, 15) is 0 Å². The van der Waals surface area contributed by atoms with Gasteiger partial charge in [0.15, 0.2) is 0 Å². The fraction of sp³-hybridized carbons (Fsp3) is 0.625. The van der Waals surface area contributed by atoms with E-state index in [0.717, 1.165) is 30.4 Å². The van der Waals surface area contributed by atoms with Gasteiger partial charge in [-0.05, 0) is 31.4 Å². The topological polar surface area (TPSA) is 30.5 Å². The maximum absolute atomic E-state index is 5.53. The van der Waals surface area contributed by atoms with Gasteiger partial charge in [0.2, 0.25) is 0 Å². The van der Waals surface area contributed by atoms with E-state index < -0.39 is 0 Å². The van der Waals surface area contributed by atoms with Gasteiger partial charge in [-0.25, -0.2) is 0 Å². The third-order valence-electron chi connectivity index (χ3n) is 3.72. The van der Waals surface area contributed by atoms with Gasteiger partial charge in [0.1, 0.15) is 11.5 Å². The molecule has 1 aromatic carbocycles. The van der Waals surface area contributed by atoms with Crippen LogP contribution in [0.25, 0.3) is 0 Å². The Morgan fingerprint density at radius 3 is 2.63 bits per heavy atom. The van der Waals surface area contributed by atoms with E-state index in [1.807, 2.05) is 12.1 Å². The minimum absolute atomic E-state index is 0.397. The van der Waals surface area contributed by atoms with Crippen LogP contribution in [0.5, 0.6) is 11.5 Å². The van der Waals surface area contributed by atoms with E-state index >= 15 is 0 Å². The summed E-state index contributed by atoms with van der Waals surface area (Å²) in [6.45, 7) is 3.25. The van der Waals surface area contributed by atoms with Crippen LogP contribution in [-0.2, 0) is 0 Å². The normalized spacial score (nSPS) is 16.2. The van der Waals surface area contributed by atoms with E-state index in [2.05, 4.69) is 18.3 Å². The maximum atomic E-state index is 5.53. The fourth-order valence-electron chi connectivity index (χ4n) is 2.43. The minimum atomic E-state index is 0.397. The molecule has 1 fully saturated rings. The second kappa shape index (κ2) is 6.80. The molecule has 0 heterocycles. The van der Waals surface area contributed by atoms with Crippen molar-refractivity contribution >= 4 is 0 Å². The Balaban J connectivity index is 2.17. The smallest absolute Gasteiger partial charge is 0.127 e. The molecule has 3 nitrogen and oxygen atoms in total. The summed E-state index contributed by atoms with van der Waals surface area (Å²) >= 11 is 0. The second-order valence-corrected chi connectivity index (χ2v) is 5.29. The largest absolute Gasteiger partial charge is 0.497 e. The van der Waals surface area contributed by atoms with Gasteiger partial charge in [-0.3, -0.25) is 0 Å². The molecule has 3 heteroatoms. The summed E-state index contributed by atoms with van der Waals surface area (Å²) in [4.78, 5) is 0. The average molecular weight is 263 g/mol. The summed E-state index contributed by atoms with van der Waals surface area (Å²) in [6, 6.07) is 6.52. The van der Waals surface area contributed by atoms with E-state index in [4.69, 9.17) is 9.47 Å². The van der Waals surface area contributed by atoms with E-state index in [1.54, 1.807) is 14.2 Å². The standard InChI is InChI=1S/C16H25NO2/c1-4-9-17-15(10-12-5-6-12)14-8-7-13(18-2)11-16(14)19-3/h7-8,11-12,15,17H,4-6,9-10H2,1-3H3. The molecule has 1 N–H and O–H groups in total. The van der Waals surface area contributed by atoms with Crippen LogP contribution in [0.4, 0.5) is 0 Å². The van der Waals surface area contributed by atoms with E-state index in [-0.39, 0.29) is 0 Å². The second-order valence-electron chi connectivity index (χ2n) is 5.29. The predicted molar refractivity (Wildman–Crippen MR) is 77.9 cm³/mol. The van der Waals surface area contributed by atoms with Crippen LogP contribution < -0.4 is 14.8 Å². The molecule has 0 amide bonds. The first-order chi connectivity index (χ1) is 9.28. The number of ether oxygens (including phenoxy) is 2. The number of rotatable bonds is 8. The molecule has 0 spiro atoms. The molecule has 0 aromatic heterocycles. The van der Waals surface area contributed by atoms with E-state index in [0.29, 0.717) is 6.04 Å². The van der Waals surface area contributed by atoms with Gasteiger partial charge in [0.05, 0.1) is 14.2 Å². The molecule has 0 bridgehead atoms. The summed E-state index contributed by atoms with van der Waals surface area (Å²) < 4.78 is 10.8. The lowest BCUT2D eigenvalue weighted by Crippen LogP contribution is -2.23. The van der Waals surface area contributed by atoms with Crippen molar-refractivity contribution in [3.63, 3.8) is 0 Å². The highest BCUT2D eigenvalue weighted by Crippen LogP contribution is 2.40. The molecule has 1 aliphatic rings. The number of benzene rings is 1. The zero-order valence-corrected chi connectivity index (χ0v) is 12.2. The van der Waals surface area contributed by atoms with Crippen LogP contribution >= 0.6 is 0 Å². The van der Waals surface area contributed by atoms with Gasteiger partial charge in [-0.1, -0.05) is 25.8 Å². The van der Waals surface area contributed by atoms with Gasteiger partial charge in [0, 0.05) is 17.7 Å². The first kappa shape index (κ1) is 14.2. The first-order valence-electron chi connectivity index (χ1n) is 7.23. The van der Waals surface area contributed by atoms with Crippen molar-refractivity contribution in [1.29, 1.82) is 0 Å². The first-order valence-corrected chi connectivity index (χ1v) is 7.23. The van der Waals surface area contributed by atoms with Crippen molar-refractivity contribution in [2.75, 3.05) is 20.8 Å². The Labute approximate surface area is 116 Å². The number of nitrogens with one attached hydrogen (secondary N) is 1. The summed E-state index contributed by atoms with van der Waals surface area (Å²) in [5, 5.41) is 3.65. The Morgan fingerprint density at radius 1 is 1.26 bits per heavy atom. The highest BCUT2D eigenvalue weighted by atomic mass is 16.5. The summed E-state index contributed by atoms with van der Waals surface area (Å²) in [5.41, 5.74) is 1.25. The summed E-state index contributed by atoms with van der Waals surface area (Å²) in [5.74, 6) is 2.66. The van der Waals surface area contributed by atoms with Crippen molar-refractivity contribution in [2.24, 2.45) is 5.92 Å². The van der Waals surface area contributed by atoms with Crippen molar-refractivity contribution in [3.8, 4) is 11.5 Å². The lowest BCUT2D eigenvalue weighted by molar-refractivity contribution is 0.379. The van der Waals surface area contributed by atoms with Gasteiger partial charge in [-0.2, -0.15) is 0 Å². The van der Waals surface area contributed by atoms with Crippen LogP contribution in [0.15, 0.2) is 18.2 Å². The Bertz CT molecular complexity index is 402. The van der Waals surface area contributed by atoms with Crippen LogP contribution in [-0.4, -0.2) is 20.8 Å². The van der Waals surface area contributed by atoms with E-state index in [1.165, 1.54) is 24.8 Å². The molecule has 0 saturated heterocycles. The minimum Gasteiger partial charge on any atom is -0.497 e. The average Bonchev–Trinajstić information content (AvgIpc) is 3.26. The lowest BCUT2D eigenvalue weighted by atomic mass is 9.99. The molecule has 1 unspecified atom stereocenters. The molecule has 106 valence electrons. The molecule has 1 saturated carbocycles. The van der Waals surface area contributed by atoms with Gasteiger partial charge in [-0.15, -0.1) is 0 Å². The quantitative estimate of drug-likeness (QED) is 0.778. The molecule has 1 atom stereocenters. The van der Waals surface area contributed by atoms with Gasteiger partial charge >= 0.3 is 0 Å². The fourth-order valence-corrected chi connectivity index (χ4v) is 2.43. The highest BCUT2D eigenvalue weighted by Gasteiger charge is 2.27. The third kappa shape index (κ3) is 3.87. The highest BCUT2D eigenvalue weighted by molar-refractivity contribution is 5.42. The predicted octanol–water partition coefficient (Wildman–Crippen LogP) is 3.54.